The van der Waals surface area contributed by atoms with Crippen LogP contribution in [0.2, 0.25) is 0 Å². The maximum Gasteiger partial charge on any atom is 0.208 e. The number of ether oxygens (including phenoxy) is 1. The number of rotatable bonds is 5. The molecule has 3 aromatic rings. The quantitative estimate of drug-likeness (QED) is 0.639. The zero-order valence-electron chi connectivity index (χ0n) is 18.2. The zero-order valence-corrected chi connectivity index (χ0v) is 18.2. The van der Waals surface area contributed by atoms with Crippen LogP contribution in [0, 0.1) is 0 Å². The summed E-state index contributed by atoms with van der Waals surface area (Å²) in [5.74, 6) is 2.67. The molecule has 2 N–H and O–H groups in total. The molecule has 4 heterocycles. The topological polar surface area (TPSA) is 94.8 Å². The van der Waals surface area contributed by atoms with Crippen molar-refractivity contribution in [2.24, 2.45) is 4.99 Å². The molecule has 0 amide bonds. The molecule has 0 radical (unpaired) electrons. The molecule has 9 nitrogen and oxygen atoms in total. The fraction of sp³-hybridized carbons (Fsp3) is 0.435. The molecular formula is C23H27N7O2. The summed E-state index contributed by atoms with van der Waals surface area (Å²) < 4.78 is 11.5. The monoisotopic (exact) mass is 433 g/mol. The number of fused-ring (bicyclic) bond motifs is 1. The summed E-state index contributed by atoms with van der Waals surface area (Å²) in [5, 5.41) is 12.2. The van der Waals surface area contributed by atoms with Crippen molar-refractivity contribution >= 4 is 22.4 Å². The lowest BCUT2D eigenvalue weighted by Crippen LogP contribution is -2.48. The first-order chi connectivity index (χ1) is 15.7. The number of aromatic nitrogens is 3. The molecule has 3 aliphatic rings. The molecule has 1 aromatic carbocycles. The van der Waals surface area contributed by atoms with Crippen LogP contribution in [0.5, 0.6) is 5.75 Å². The van der Waals surface area contributed by atoms with Crippen LogP contribution in [0.1, 0.15) is 31.4 Å². The number of nitrogens with zero attached hydrogens (tertiary/aromatic N) is 5. The highest BCUT2D eigenvalue weighted by Gasteiger charge is 2.40. The second-order valence-electron chi connectivity index (χ2n) is 8.93. The van der Waals surface area contributed by atoms with E-state index in [2.05, 4.69) is 49.4 Å². The molecule has 0 unspecified atom stereocenters. The van der Waals surface area contributed by atoms with Crippen molar-refractivity contribution in [2.45, 2.75) is 31.9 Å². The molecule has 0 bridgehead atoms. The zero-order chi connectivity index (χ0) is 21.5. The number of nitrogens with one attached hydrogen (secondary N) is 2. The summed E-state index contributed by atoms with van der Waals surface area (Å²) in [4.78, 5) is 13.6. The molecule has 0 spiro atoms. The SMILES string of the molecule is CC1(Oc2ccc3[nH]nc(C4=CC(N5CCN(Cc6ncco6)CC5)=NCN4)c3c2)CC1. The second kappa shape index (κ2) is 7.67. The van der Waals surface area contributed by atoms with Crippen molar-refractivity contribution in [3.05, 3.63) is 48.3 Å². The Labute approximate surface area is 186 Å². The lowest BCUT2D eigenvalue weighted by molar-refractivity contribution is 0.163. The van der Waals surface area contributed by atoms with Crippen molar-refractivity contribution in [3.8, 4) is 5.75 Å². The van der Waals surface area contributed by atoms with Gasteiger partial charge in [-0.1, -0.05) is 0 Å². The van der Waals surface area contributed by atoms with E-state index in [1.54, 1.807) is 12.5 Å². The molecular weight excluding hydrogens is 406 g/mol. The molecule has 0 atom stereocenters. The largest absolute Gasteiger partial charge is 0.488 e. The summed E-state index contributed by atoms with van der Waals surface area (Å²) in [7, 11) is 0. The van der Waals surface area contributed by atoms with Gasteiger partial charge in [-0.15, -0.1) is 0 Å². The molecule has 2 aliphatic heterocycles. The summed E-state index contributed by atoms with van der Waals surface area (Å²) in [6, 6.07) is 6.15. The lowest BCUT2D eigenvalue weighted by Gasteiger charge is -2.36. The number of benzene rings is 1. The minimum Gasteiger partial charge on any atom is -0.488 e. The molecule has 1 saturated heterocycles. The normalized spacial score (nSPS) is 20.6. The Morgan fingerprint density at radius 2 is 2.06 bits per heavy atom. The Hall–Kier alpha value is -3.33. The van der Waals surface area contributed by atoms with Crippen LogP contribution in [0.25, 0.3) is 16.6 Å². The highest BCUT2D eigenvalue weighted by atomic mass is 16.5. The first-order valence-electron chi connectivity index (χ1n) is 11.2. The Bertz CT molecular complexity index is 1170. The van der Waals surface area contributed by atoms with E-state index in [-0.39, 0.29) is 5.60 Å². The van der Waals surface area contributed by atoms with E-state index in [1.165, 1.54) is 0 Å². The molecule has 1 aliphatic carbocycles. The summed E-state index contributed by atoms with van der Waals surface area (Å²) >= 11 is 0. The van der Waals surface area contributed by atoms with Crippen LogP contribution >= 0.6 is 0 Å². The molecule has 32 heavy (non-hydrogen) atoms. The third kappa shape index (κ3) is 3.84. The number of piperazine rings is 1. The van der Waals surface area contributed by atoms with Gasteiger partial charge in [0.1, 0.15) is 35.8 Å². The average Bonchev–Trinajstić information content (AvgIpc) is 3.18. The van der Waals surface area contributed by atoms with Crippen LogP contribution < -0.4 is 10.1 Å². The van der Waals surface area contributed by atoms with Gasteiger partial charge in [-0.05, 0) is 38.0 Å². The maximum absolute atomic E-state index is 6.17. The number of aromatic amines is 1. The van der Waals surface area contributed by atoms with Crippen LogP contribution in [-0.4, -0.2) is 69.3 Å². The second-order valence-corrected chi connectivity index (χ2v) is 8.93. The van der Waals surface area contributed by atoms with Gasteiger partial charge in [0.15, 0.2) is 0 Å². The highest BCUT2D eigenvalue weighted by Crippen LogP contribution is 2.40. The number of oxazole rings is 1. The Morgan fingerprint density at radius 3 is 2.84 bits per heavy atom. The maximum atomic E-state index is 6.17. The molecule has 9 heteroatoms. The highest BCUT2D eigenvalue weighted by molar-refractivity contribution is 6.03. The van der Waals surface area contributed by atoms with Gasteiger partial charge in [0.05, 0.1) is 24.0 Å². The van der Waals surface area contributed by atoms with Gasteiger partial charge >= 0.3 is 0 Å². The van der Waals surface area contributed by atoms with Gasteiger partial charge in [0.25, 0.3) is 0 Å². The van der Waals surface area contributed by atoms with Crippen molar-refractivity contribution in [2.75, 3.05) is 32.8 Å². The Balaban J connectivity index is 1.18. The molecule has 1 saturated carbocycles. The smallest absolute Gasteiger partial charge is 0.208 e. The minimum absolute atomic E-state index is 0.00505. The van der Waals surface area contributed by atoms with Crippen LogP contribution in [0.15, 0.2) is 46.1 Å². The van der Waals surface area contributed by atoms with Gasteiger partial charge in [-0.3, -0.25) is 10.00 Å². The Morgan fingerprint density at radius 1 is 1.19 bits per heavy atom. The third-order valence-electron chi connectivity index (χ3n) is 6.43. The van der Waals surface area contributed by atoms with Gasteiger partial charge in [0.2, 0.25) is 5.89 Å². The van der Waals surface area contributed by atoms with Crippen LogP contribution in [0.3, 0.4) is 0 Å². The van der Waals surface area contributed by atoms with Gasteiger partial charge in [-0.2, -0.15) is 5.10 Å². The first-order valence-corrected chi connectivity index (χ1v) is 11.2. The summed E-state index contributed by atoms with van der Waals surface area (Å²) in [5.41, 5.74) is 2.88. The minimum atomic E-state index is -0.00505. The standard InChI is InChI=1S/C23H27N7O2/c1-23(4-5-23)32-16-2-3-18-17(12-16)22(28-27-18)19-13-20(26-15-25-19)30-9-7-29(8-10-30)14-21-24-6-11-31-21/h2-3,6,11-13,25H,4-5,7-10,14-15H2,1H3,(H,27,28). The van der Waals surface area contributed by atoms with Crippen molar-refractivity contribution in [1.82, 2.24) is 30.3 Å². The van der Waals surface area contributed by atoms with E-state index >= 15 is 0 Å². The van der Waals surface area contributed by atoms with E-state index in [4.69, 9.17) is 14.1 Å². The molecule has 166 valence electrons. The summed E-state index contributed by atoms with van der Waals surface area (Å²) in [6.07, 6.45) is 7.66. The van der Waals surface area contributed by atoms with E-state index < -0.39 is 0 Å². The van der Waals surface area contributed by atoms with E-state index in [1.807, 2.05) is 12.1 Å². The van der Waals surface area contributed by atoms with Gasteiger partial charge in [-0.25, -0.2) is 9.98 Å². The lowest BCUT2D eigenvalue weighted by atomic mass is 10.1. The van der Waals surface area contributed by atoms with Gasteiger partial charge < -0.3 is 19.4 Å². The van der Waals surface area contributed by atoms with E-state index in [0.29, 0.717) is 6.67 Å². The fourth-order valence-electron chi connectivity index (χ4n) is 4.26. The fourth-order valence-corrected chi connectivity index (χ4v) is 4.26. The average molecular weight is 434 g/mol. The Kier molecular flexibility index (Phi) is 4.64. The first kappa shape index (κ1) is 19.4. The van der Waals surface area contributed by atoms with Crippen molar-refractivity contribution in [3.63, 3.8) is 0 Å². The third-order valence-corrected chi connectivity index (χ3v) is 6.43. The number of amidine groups is 1. The predicted molar refractivity (Wildman–Crippen MR) is 121 cm³/mol. The molecule has 2 fully saturated rings. The summed E-state index contributed by atoms with van der Waals surface area (Å²) in [6.45, 7) is 7.18. The number of hydrogen-bond donors (Lipinski definition) is 2. The van der Waals surface area contributed by atoms with Crippen molar-refractivity contribution < 1.29 is 9.15 Å². The van der Waals surface area contributed by atoms with E-state index in [9.17, 15) is 0 Å². The number of H-pyrrole nitrogens is 1. The number of aliphatic imine (C=N–C) groups is 1. The molecule has 6 rings (SSSR count). The van der Waals surface area contributed by atoms with Crippen molar-refractivity contribution in [1.29, 1.82) is 0 Å². The van der Waals surface area contributed by atoms with Gasteiger partial charge in [0, 0.05) is 37.6 Å². The number of hydrogen-bond acceptors (Lipinski definition) is 8. The van der Waals surface area contributed by atoms with Crippen LogP contribution in [0.4, 0.5) is 0 Å². The molecule has 2 aromatic heterocycles. The van der Waals surface area contributed by atoms with Crippen LogP contribution in [-0.2, 0) is 6.54 Å². The predicted octanol–water partition coefficient (Wildman–Crippen LogP) is 2.60. The van der Waals surface area contributed by atoms with E-state index in [0.717, 1.165) is 85.3 Å².